The third-order valence-corrected chi connectivity index (χ3v) is 2.89. The lowest BCUT2D eigenvalue weighted by Crippen LogP contribution is -2.52. The van der Waals surface area contributed by atoms with Gasteiger partial charge in [0, 0.05) is 13.7 Å². The molecule has 15 heavy (non-hydrogen) atoms. The van der Waals surface area contributed by atoms with E-state index in [1.54, 1.807) is 14.0 Å². The van der Waals surface area contributed by atoms with Crippen molar-refractivity contribution in [2.75, 3.05) is 20.3 Å². The van der Waals surface area contributed by atoms with Crippen LogP contribution in [0.4, 0.5) is 0 Å². The minimum absolute atomic E-state index is 0.239. The van der Waals surface area contributed by atoms with Gasteiger partial charge in [-0.25, -0.2) is 0 Å². The van der Waals surface area contributed by atoms with Gasteiger partial charge in [-0.15, -0.1) is 0 Å². The fraction of sp³-hybridized carbons (Fsp3) is 1.00. The van der Waals surface area contributed by atoms with Crippen LogP contribution in [0.5, 0.6) is 0 Å². The van der Waals surface area contributed by atoms with Gasteiger partial charge in [-0.3, -0.25) is 0 Å². The van der Waals surface area contributed by atoms with Gasteiger partial charge in [0.15, 0.2) is 0 Å². The van der Waals surface area contributed by atoms with Crippen LogP contribution in [0, 0.1) is 5.92 Å². The van der Waals surface area contributed by atoms with E-state index in [0.29, 0.717) is 13.2 Å². The highest BCUT2D eigenvalue weighted by atomic mass is 16.6. The lowest BCUT2D eigenvalue weighted by Gasteiger charge is -2.39. The summed E-state index contributed by atoms with van der Waals surface area (Å²) in [5.41, 5.74) is 5.25. The Morgan fingerprint density at radius 3 is 2.07 bits per heavy atom. The normalized spacial score (nSPS) is 20.0. The quantitative estimate of drug-likeness (QED) is 0.664. The third kappa shape index (κ3) is 4.07. The predicted molar refractivity (Wildman–Crippen MR) is 60.7 cm³/mol. The van der Waals surface area contributed by atoms with Crippen molar-refractivity contribution < 1.29 is 14.6 Å². The van der Waals surface area contributed by atoms with Crippen molar-refractivity contribution in [2.45, 2.75) is 45.5 Å². The van der Waals surface area contributed by atoms with E-state index < -0.39 is 11.7 Å². The van der Waals surface area contributed by atoms with Crippen LogP contribution >= 0.6 is 0 Å². The smallest absolute Gasteiger partial charge is 0.106 e. The van der Waals surface area contributed by atoms with Crippen LogP contribution in [0.3, 0.4) is 0 Å². The number of nitrogens with two attached hydrogens (primary N) is 1. The topological polar surface area (TPSA) is 64.7 Å². The number of hydrogen-bond acceptors (Lipinski definition) is 4. The van der Waals surface area contributed by atoms with Crippen LogP contribution in [0.1, 0.15) is 27.7 Å². The molecule has 3 unspecified atom stereocenters. The summed E-state index contributed by atoms with van der Waals surface area (Å²) in [6.45, 7) is 8.46. The van der Waals surface area contributed by atoms with Crippen LogP contribution in [-0.2, 0) is 9.47 Å². The molecule has 4 heteroatoms. The van der Waals surface area contributed by atoms with Gasteiger partial charge in [0.2, 0.25) is 0 Å². The molecular weight excluding hydrogens is 194 g/mol. The van der Waals surface area contributed by atoms with Crippen molar-refractivity contribution in [1.29, 1.82) is 0 Å². The standard InChI is InChI=1S/C11H25NO3/c1-8(2)11(6-12,7-14-5)15-10(4)9(3)13/h8-10,13H,6-7,12H2,1-5H3. The first kappa shape index (κ1) is 14.8. The van der Waals surface area contributed by atoms with Gasteiger partial charge in [0.1, 0.15) is 5.60 Å². The zero-order chi connectivity index (χ0) is 12.1. The summed E-state index contributed by atoms with van der Waals surface area (Å²) in [4.78, 5) is 0. The molecule has 92 valence electrons. The minimum atomic E-state index is -0.509. The molecule has 0 aromatic carbocycles. The first-order valence-electron chi connectivity index (χ1n) is 5.44. The lowest BCUT2D eigenvalue weighted by atomic mass is 9.90. The molecule has 0 aliphatic carbocycles. The Bertz CT molecular complexity index is 173. The van der Waals surface area contributed by atoms with Gasteiger partial charge in [0.25, 0.3) is 0 Å². The molecule has 0 aromatic rings. The highest BCUT2D eigenvalue weighted by Gasteiger charge is 2.36. The van der Waals surface area contributed by atoms with Crippen LogP contribution in [0.15, 0.2) is 0 Å². The average molecular weight is 219 g/mol. The summed E-state index contributed by atoms with van der Waals surface area (Å²) in [6, 6.07) is 0. The van der Waals surface area contributed by atoms with Gasteiger partial charge in [-0.05, 0) is 19.8 Å². The first-order chi connectivity index (χ1) is 6.89. The average Bonchev–Trinajstić information content (AvgIpc) is 2.16. The van der Waals surface area contributed by atoms with E-state index in [0.717, 1.165) is 0 Å². The minimum Gasteiger partial charge on any atom is -0.391 e. The van der Waals surface area contributed by atoms with E-state index in [9.17, 15) is 5.11 Å². The molecular formula is C11H25NO3. The molecule has 0 saturated heterocycles. The fourth-order valence-electron chi connectivity index (χ4n) is 1.39. The molecule has 0 amide bonds. The molecule has 3 N–H and O–H groups in total. The van der Waals surface area contributed by atoms with Crippen LogP contribution in [0.25, 0.3) is 0 Å². The maximum Gasteiger partial charge on any atom is 0.106 e. The molecule has 0 aromatic heterocycles. The monoisotopic (exact) mass is 219 g/mol. The summed E-state index contributed by atoms with van der Waals surface area (Å²) in [5, 5.41) is 9.42. The Morgan fingerprint density at radius 2 is 1.80 bits per heavy atom. The number of ether oxygens (including phenoxy) is 2. The van der Waals surface area contributed by atoms with E-state index in [-0.39, 0.29) is 12.0 Å². The third-order valence-electron chi connectivity index (χ3n) is 2.89. The van der Waals surface area contributed by atoms with Gasteiger partial charge in [0.05, 0.1) is 18.8 Å². The van der Waals surface area contributed by atoms with Crippen molar-refractivity contribution >= 4 is 0 Å². The number of methoxy groups -OCH3 is 1. The maximum atomic E-state index is 9.42. The molecule has 0 radical (unpaired) electrons. The molecule has 3 atom stereocenters. The Labute approximate surface area is 92.7 Å². The number of aliphatic hydroxyl groups is 1. The second-order valence-corrected chi connectivity index (χ2v) is 4.42. The summed E-state index contributed by atoms with van der Waals surface area (Å²) in [5.74, 6) is 0.239. The van der Waals surface area contributed by atoms with Crippen LogP contribution in [0.2, 0.25) is 0 Å². The fourth-order valence-corrected chi connectivity index (χ4v) is 1.39. The molecule has 0 bridgehead atoms. The van der Waals surface area contributed by atoms with Crippen LogP contribution < -0.4 is 5.73 Å². The first-order valence-corrected chi connectivity index (χ1v) is 5.44. The SMILES string of the molecule is COCC(CN)(OC(C)C(C)O)C(C)C. The summed E-state index contributed by atoms with van der Waals surface area (Å²) >= 11 is 0. The van der Waals surface area contributed by atoms with Gasteiger partial charge in [-0.2, -0.15) is 0 Å². The van der Waals surface area contributed by atoms with E-state index in [1.165, 1.54) is 0 Å². The summed E-state index contributed by atoms with van der Waals surface area (Å²) in [7, 11) is 1.63. The van der Waals surface area contributed by atoms with E-state index in [1.807, 2.05) is 20.8 Å². The molecule has 0 aliphatic heterocycles. The van der Waals surface area contributed by atoms with Crippen molar-refractivity contribution in [3.8, 4) is 0 Å². The second-order valence-electron chi connectivity index (χ2n) is 4.42. The van der Waals surface area contributed by atoms with E-state index in [2.05, 4.69) is 0 Å². The van der Waals surface area contributed by atoms with Gasteiger partial charge < -0.3 is 20.3 Å². The molecule has 0 heterocycles. The Hall–Kier alpha value is -0.160. The van der Waals surface area contributed by atoms with E-state index >= 15 is 0 Å². The number of rotatable bonds is 7. The Balaban J connectivity index is 4.61. The largest absolute Gasteiger partial charge is 0.391 e. The lowest BCUT2D eigenvalue weighted by molar-refractivity contribution is -0.164. The van der Waals surface area contributed by atoms with Gasteiger partial charge in [-0.1, -0.05) is 13.8 Å². The molecule has 0 aliphatic rings. The van der Waals surface area contributed by atoms with E-state index in [4.69, 9.17) is 15.2 Å². The number of aliphatic hydroxyl groups excluding tert-OH is 1. The number of hydrogen-bond donors (Lipinski definition) is 2. The summed E-state index contributed by atoms with van der Waals surface area (Å²) < 4.78 is 11.0. The molecule has 0 rings (SSSR count). The second kappa shape index (κ2) is 6.43. The molecule has 0 spiro atoms. The Kier molecular flexibility index (Phi) is 6.36. The Morgan fingerprint density at radius 1 is 1.27 bits per heavy atom. The maximum absolute atomic E-state index is 9.42. The summed E-state index contributed by atoms with van der Waals surface area (Å²) in [6.07, 6.45) is -0.752. The van der Waals surface area contributed by atoms with Crippen molar-refractivity contribution in [3.05, 3.63) is 0 Å². The van der Waals surface area contributed by atoms with Crippen molar-refractivity contribution in [2.24, 2.45) is 11.7 Å². The van der Waals surface area contributed by atoms with Crippen molar-refractivity contribution in [3.63, 3.8) is 0 Å². The zero-order valence-corrected chi connectivity index (χ0v) is 10.5. The van der Waals surface area contributed by atoms with Gasteiger partial charge >= 0.3 is 0 Å². The predicted octanol–water partition coefficient (Wildman–Crippen LogP) is 0.772. The zero-order valence-electron chi connectivity index (χ0n) is 10.5. The molecule has 0 fully saturated rings. The molecule has 4 nitrogen and oxygen atoms in total. The highest BCUT2D eigenvalue weighted by Crippen LogP contribution is 2.24. The molecule has 0 saturated carbocycles. The van der Waals surface area contributed by atoms with Crippen molar-refractivity contribution in [1.82, 2.24) is 0 Å². The highest BCUT2D eigenvalue weighted by molar-refractivity contribution is 4.87. The van der Waals surface area contributed by atoms with Crippen LogP contribution in [-0.4, -0.2) is 43.2 Å².